The second kappa shape index (κ2) is 8.32. The SMILES string of the molecule is CC[C@@H](CSc1ccccc1)Nc1ccc(S(N)(=O)=O)c([N+](=O)[O-])c1. The van der Waals surface area contributed by atoms with Crippen LogP contribution in [0.1, 0.15) is 13.3 Å². The number of benzene rings is 2. The monoisotopic (exact) mass is 381 g/mol. The Balaban J connectivity index is 2.14. The van der Waals surface area contributed by atoms with Crippen LogP contribution in [0.5, 0.6) is 0 Å². The molecule has 9 heteroatoms. The third kappa shape index (κ3) is 5.45. The smallest absolute Gasteiger partial charge is 0.291 e. The lowest BCUT2D eigenvalue weighted by molar-refractivity contribution is -0.387. The van der Waals surface area contributed by atoms with Gasteiger partial charge in [0, 0.05) is 28.4 Å². The summed E-state index contributed by atoms with van der Waals surface area (Å²) in [5.41, 5.74) is -0.0438. The molecule has 0 unspecified atom stereocenters. The van der Waals surface area contributed by atoms with E-state index in [9.17, 15) is 18.5 Å². The predicted molar refractivity (Wildman–Crippen MR) is 99.3 cm³/mol. The van der Waals surface area contributed by atoms with Gasteiger partial charge in [-0.25, -0.2) is 13.6 Å². The molecule has 2 aromatic carbocycles. The normalized spacial score (nSPS) is 12.6. The van der Waals surface area contributed by atoms with E-state index in [1.54, 1.807) is 11.8 Å². The molecular formula is C16H19N3O4S2. The van der Waals surface area contributed by atoms with E-state index < -0.39 is 25.5 Å². The number of anilines is 1. The molecule has 0 aliphatic heterocycles. The van der Waals surface area contributed by atoms with Crippen molar-refractivity contribution in [3.8, 4) is 0 Å². The Labute approximate surface area is 150 Å². The highest BCUT2D eigenvalue weighted by molar-refractivity contribution is 7.99. The van der Waals surface area contributed by atoms with Gasteiger partial charge in [0.2, 0.25) is 10.0 Å². The number of nitro benzene ring substituents is 1. The zero-order chi connectivity index (χ0) is 18.4. The van der Waals surface area contributed by atoms with Gasteiger partial charge < -0.3 is 5.32 Å². The van der Waals surface area contributed by atoms with Crippen LogP contribution in [0.15, 0.2) is 58.3 Å². The summed E-state index contributed by atoms with van der Waals surface area (Å²) in [6, 6.07) is 13.8. The third-order valence-corrected chi connectivity index (χ3v) is 5.65. The molecule has 3 N–H and O–H groups in total. The molecule has 2 aromatic rings. The van der Waals surface area contributed by atoms with Crippen molar-refractivity contribution in [1.29, 1.82) is 0 Å². The second-order valence-corrected chi connectivity index (χ2v) is 7.98. The Hall–Kier alpha value is -2.10. The van der Waals surface area contributed by atoms with Crippen LogP contribution < -0.4 is 10.5 Å². The van der Waals surface area contributed by atoms with Gasteiger partial charge in [0.25, 0.3) is 5.69 Å². The number of nitrogens with one attached hydrogen (secondary N) is 1. The average molecular weight is 381 g/mol. The average Bonchev–Trinajstić information content (AvgIpc) is 2.58. The summed E-state index contributed by atoms with van der Waals surface area (Å²) in [7, 11) is -4.15. The number of hydrogen-bond acceptors (Lipinski definition) is 6. The van der Waals surface area contributed by atoms with E-state index >= 15 is 0 Å². The molecule has 1 atom stereocenters. The number of hydrogen-bond donors (Lipinski definition) is 2. The summed E-state index contributed by atoms with van der Waals surface area (Å²) in [5.74, 6) is 0.769. The fourth-order valence-corrected chi connectivity index (χ4v) is 3.95. The first-order valence-electron chi connectivity index (χ1n) is 7.57. The van der Waals surface area contributed by atoms with Gasteiger partial charge in [0.05, 0.1) is 4.92 Å². The number of sulfonamides is 1. The van der Waals surface area contributed by atoms with Gasteiger partial charge in [-0.3, -0.25) is 10.1 Å². The first kappa shape index (κ1) is 19.2. The Kier molecular flexibility index (Phi) is 6.40. The molecule has 0 saturated heterocycles. The maximum absolute atomic E-state index is 11.5. The fraction of sp³-hybridized carbons (Fsp3) is 0.250. The minimum Gasteiger partial charge on any atom is -0.381 e. The van der Waals surface area contributed by atoms with Crippen molar-refractivity contribution >= 4 is 33.2 Å². The van der Waals surface area contributed by atoms with E-state index in [2.05, 4.69) is 5.32 Å². The molecule has 0 aliphatic rings. The van der Waals surface area contributed by atoms with Gasteiger partial charge in [0.1, 0.15) is 0 Å². The number of rotatable bonds is 8. The van der Waals surface area contributed by atoms with Gasteiger partial charge in [-0.15, -0.1) is 11.8 Å². The van der Waals surface area contributed by atoms with Crippen LogP contribution in [0.3, 0.4) is 0 Å². The zero-order valence-electron chi connectivity index (χ0n) is 13.6. The highest BCUT2D eigenvalue weighted by Gasteiger charge is 2.23. The molecule has 0 aliphatic carbocycles. The number of nitrogens with zero attached hydrogens (tertiary/aromatic N) is 1. The van der Waals surface area contributed by atoms with Crippen molar-refractivity contribution in [2.75, 3.05) is 11.1 Å². The number of nitro groups is 1. The summed E-state index contributed by atoms with van der Waals surface area (Å²) in [6.07, 6.45) is 0.810. The molecule has 25 heavy (non-hydrogen) atoms. The molecule has 0 radical (unpaired) electrons. The third-order valence-electron chi connectivity index (χ3n) is 3.52. The predicted octanol–water partition coefficient (Wildman–Crippen LogP) is 3.23. The molecular weight excluding hydrogens is 362 g/mol. The van der Waals surface area contributed by atoms with Crippen LogP contribution in [0.2, 0.25) is 0 Å². The van der Waals surface area contributed by atoms with Gasteiger partial charge in [-0.05, 0) is 30.7 Å². The van der Waals surface area contributed by atoms with Crippen molar-refractivity contribution in [1.82, 2.24) is 0 Å². The lowest BCUT2D eigenvalue weighted by atomic mass is 10.2. The molecule has 0 bridgehead atoms. The molecule has 2 rings (SSSR count). The molecule has 0 amide bonds. The number of nitrogens with two attached hydrogens (primary N) is 1. The quantitative estimate of drug-likeness (QED) is 0.412. The minimum absolute atomic E-state index is 0.0742. The van der Waals surface area contributed by atoms with E-state index in [-0.39, 0.29) is 6.04 Å². The van der Waals surface area contributed by atoms with Crippen LogP contribution in [0, 0.1) is 10.1 Å². The van der Waals surface area contributed by atoms with Gasteiger partial charge in [-0.2, -0.15) is 0 Å². The molecule has 0 fully saturated rings. The van der Waals surface area contributed by atoms with Gasteiger partial charge >= 0.3 is 0 Å². The lowest BCUT2D eigenvalue weighted by Gasteiger charge is -2.18. The van der Waals surface area contributed by atoms with Crippen molar-refractivity contribution in [2.45, 2.75) is 29.2 Å². The van der Waals surface area contributed by atoms with E-state index in [0.717, 1.165) is 23.1 Å². The standard InChI is InChI=1S/C16H19N3O4S2/c1-2-12(11-24-14-6-4-3-5-7-14)18-13-8-9-16(25(17,22)23)15(10-13)19(20)21/h3-10,12,18H,2,11H2,1H3,(H2,17,22,23)/t12-/m0/s1. The van der Waals surface area contributed by atoms with Crippen molar-refractivity contribution < 1.29 is 13.3 Å². The largest absolute Gasteiger partial charge is 0.381 e. The first-order chi connectivity index (χ1) is 11.8. The van der Waals surface area contributed by atoms with Crippen molar-refractivity contribution in [2.24, 2.45) is 5.14 Å². The summed E-state index contributed by atoms with van der Waals surface area (Å²) >= 11 is 1.68. The fourth-order valence-electron chi connectivity index (χ4n) is 2.20. The van der Waals surface area contributed by atoms with E-state index in [0.29, 0.717) is 5.69 Å². The Morgan fingerprint density at radius 3 is 2.48 bits per heavy atom. The van der Waals surface area contributed by atoms with E-state index in [4.69, 9.17) is 5.14 Å². The Morgan fingerprint density at radius 2 is 1.92 bits per heavy atom. The highest BCUT2D eigenvalue weighted by atomic mass is 32.2. The van der Waals surface area contributed by atoms with Crippen LogP contribution >= 0.6 is 11.8 Å². The van der Waals surface area contributed by atoms with Crippen LogP contribution in [0.25, 0.3) is 0 Å². The molecule has 7 nitrogen and oxygen atoms in total. The summed E-state index contributed by atoms with van der Waals surface area (Å²) < 4.78 is 22.9. The lowest BCUT2D eigenvalue weighted by Crippen LogP contribution is -2.21. The summed E-state index contributed by atoms with van der Waals surface area (Å²) in [6.45, 7) is 2.01. The Bertz CT molecular complexity index is 842. The van der Waals surface area contributed by atoms with Gasteiger partial charge in [-0.1, -0.05) is 25.1 Å². The van der Waals surface area contributed by atoms with E-state index in [1.807, 2.05) is 37.3 Å². The molecule has 0 aromatic heterocycles. The number of thioether (sulfide) groups is 1. The zero-order valence-corrected chi connectivity index (χ0v) is 15.2. The second-order valence-electron chi connectivity index (χ2n) is 5.36. The van der Waals surface area contributed by atoms with Crippen molar-refractivity contribution in [3.05, 3.63) is 58.6 Å². The number of primary sulfonamides is 1. The summed E-state index contributed by atoms with van der Waals surface area (Å²) in [4.78, 5) is 11.0. The van der Waals surface area contributed by atoms with Crippen LogP contribution in [-0.2, 0) is 10.0 Å². The van der Waals surface area contributed by atoms with E-state index in [1.165, 1.54) is 12.1 Å². The minimum atomic E-state index is -4.15. The van der Waals surface area contributed by atoms with Gasteiger partial charge in [0.15, 0.2) is 4.90 Å². The Morgan fingerprint density at radius 1 is 1.24 bits per heavy atom. The van der Waals surface area contributed by atoms with Crippen LogP contribution in [-0.4, -0.2) is 25.1 Å². The molecule has 0 spiro atoms. The topological polar surface area (TPSA) is 115 Å². The highest BCUT2D eigenvalue weighted by Crippen LogP contribution is 2.28. The molecule has 0 heterocycles. The first-order valence-corrected chi connectivity index (χ1v) is 10.1. The van der Waals surface area contributed by atoms with Crippen molar-refractivity contribution in [3.63, 3.8) is 0 Å². The maximum Gasteiger partial charge on any atom is 0.291 e. The maximum atomic E-state index is 11.5. The van der Waals surface area contributed by atoms with Crippen LogP contribution in [0.4, 0.5) is 11.4 Å². The molecule has 134 valence electrons. The molecule has 0 saturated carbocycles. The summed E-state index contributed by atoms with van der Waals surface area (Å²) in [5, 5.41) is 19.4.